The number of carbonyl (C=O) groups is 2. The van der Waals surface area contributed by atoms with Gasteiger partial charge in [-0.1, -0.05) is 68.2 Å². The van der Waals surface area contributed by atoms with Crippen LogP contribution in [0.25, 0.3) is 0 Å². The second kappa shape index (κ2) is 16.6. The first-order valence-corrected chi connectivity index (χ1v) is 15.4. The molecular weight excluding hydrogens is 532 g/mol. The average Bonchev–Trinajstić information content (AvgIpc) is 3.54. The van der Waals surface area contributed by atoms with Crippen molar-refractivity contribution in [3.8, 4) is 0 Å². The number of aliphatic hydroxyl groups is 1. The van der Waals surface area contributed by atoms with Crippen molar-refractivity contribution in [3.05, 3.63) is 77.9 Å². The van der Waals surface area contributed by atoms with Crippen LogP contribution in [0.15, 0.2) is 61.2 Å². The number of anilines is 1. The summed E-state index contributed by atoms with van der Waals surface area (Å²) >= 11 is 0. The second-order valence-electron chi connectivity index (χ2n) is 11.5. The number of hydrogen-bond donors (Lipinski definition) is 3. The topological polar surface area (TPSA) is 108 Å². The predicted octanol–water partition coefficient (Wildman–Crippen LogP) is 6.52. The fraction of sp³-hybridized carbons (Fsp3) is 0.529. The Labute approximate surface area is 249 Å². The van der Waals surface area contributed by atoms with E-state index in [1.54, 1.807) is 0 Å². The van der Waals surface area contributed by atoms with Crippen molar-refractivity contribution in [1.82, 2.24) is 4.90 Å². The fourth-order valence-electron chi connectivity index (χ4n) is 5.96. The summed E-state index contributed by atoms with van der Waals surface area (Å²) in [4.78, 5) is 25.5. The molecule has 2 aromatic rings. The summed E-state index contributed by atoms with van der Waals surface area (Å²) in [6, 6.07) is 16.1. The number of carboxylic acid groups (broad SMARTS) is 1. The lowest BCUT2D eigenvalue weighted by Gasteiger charge is -2.39. The quantitative estimate of drug-likeness (QED) is 0.154. The van der Waals surface area contributed by atoms with E-state index >= 15 is 0 Å². The highest BCUT2D eigenvalue weighted by molar-refractivity contribution is 5.90. The molecule has 0 spiro atoms. The minimum Gasteiger partial charge on any atom is -0.481 e. The molecular formula is C34H46N2O6. The summed E-state index contributed by atoms with van der Waals surface area (Å²) in [6.45, 7) is 5.65. The van der Waals surface area contributed by atoms with Crippen LogP contribution < -0.4 is 5.32 Å². The number of hydrogen-bond acceptors (Lipinski definition) is 6. The molecule has 2 aromatic carbocycles. The zero-order chi connectivity index (χ0) is 29.7. The first kappa shape index (κ1) is 31.9. The van der Waals surface area contributed by atoms with Crippen molar-refractivity contribution >= 4 is 17.6 Å². The number of carboxylic acids is 1. The maximum Gasteiger partial charge on any atom is 0.303 e. The van der Waals surface area contributed by atoms with Gasteiger partial charge in [0, 0.05) is 49.6 Å². The molecule has 228 valence electrons. The highest BCUT2D eigenvalue weighted by Gasteiger charge is 2.34. The van der Waals surface area contributed by atoms with Gasteiger partial charge in [0.2, 0.25) is 5.91 Å². The summed E-state index contributed by atoms with van der Waals surface area (Å²) in [5.41, 5.74) is 3.54. The van der Waals surface area contributed by atoms with Gasteiger partial charge in [0.05, 0.1) is 18.8 Å². The molecule has 4 rings (SSSR count). The van der Waals surface area contributed by atoms with Gasteiger partial charge in [-0.05, 0) is 48.9 Å². The Hall–Kier alpha value is -3.04. The van der Waals surface area contributed by atoms with Gasteiger partial charge in [0.25, 0.3) is 0 Å². The van der Waals surface area contributed by atoms with Crippen LogP contribution in [0.5, 0.6) is 0 Å². The molecule has 1 aliphatic heterocycles. The van der Waals surface area contributed by atoms with Gasteiger partial charge in [0.15, 0.2) is 6.29 Å². The van der Waals surface area contributed by atoms with E-state index in [0.29, 0.717) is 18.9 Å². The van der Waals surface area contributed by atoms with E-state index in [9.17, 15) is 14.7 Å². The zero-order valence-corrected chi connectivity index (χ0v) is 24.6. The number of aliphatic carboxylic acids is 1. The molecule has 1 amide bonds. The Morgan fingerprint density at radius 1 is 0.929 bits per heavy atom. The molecule has 8 heteroatoms. The summed E-state index contributed by atoms with van der Waals surface area (Å²) in [6.07, 6.45) is 10.6. The van der Waals surface area contributed by atoms with E-state index in [1.165, 1.54) is 25.7 Å². The minimum absolute atomic E-state index is 0.00768. The molecule has 8 nitrogen and oxygen atoms in total. The molecule has 0 radical (unpaired) electrons. The van der Waals surface area contributed by atoms with E-state index in [0.717, 1.165) is 61.2 Å². The fourth-order valence-corrected chi connectivity index (χ4v) is 5.96. The molecule has 1 aliphatic carbocycles. The third kappa shape index (κ3) is 9.76. The predicted molar refractivity (Wildman–Crippen MR) is 163 cm³/mol. The SMILES string of the molecule is C=CCN(CC1CC(c2ccc(CO)cc2)OC(c2ccc(NC(=O)CCCCCCC(=O)O)cc2)O1)C1CCCC1. The van der Waals surface area contributed by atoms with E-state index in [2.05, 4.69) is 16.8 Å². The number of rotatable bonds is 16. The van der Waals surface area contributed by atoms with Crippen molar-refractivity contribution in [3.63, 3.8) is 0 Å². The van der Waals surface area contributed by atoms with E-state index < -0.39 is 12.3 Å². The molecule has 3 unspecified atom stereocenters. The summed E-state index contributed by atoms with van der Waals surface area (Å²) in [5.74, 6) is -0.825. The van der Waals surface area contributed by atoms with Gasteiger partial charge < -0.3 is 25.0 Å². The van der Waals surface area contributed by atoms with Crippen LogP contribution in [0.2, 0.25) is 0 Å². The Kier molecular flexibility index (Phi) is 12.6. The smallest absolute Gasteiger partial charge is 0.303 e. The van der Waals surface area contributed by atoms with Crippen LogP contribution in [0.3, 0.4) is 0 Å². The average molecular weight is 579 g/mol. The van der Waals surface area contributed by atoms with Crippen molar-refractivity contribution in [2.75, 3.05) is 18.4 Å². The molecule has 1 heterocycles. The lowest BCUT2D eigenvalue weighted by atomic mass is 9.99. The van der Waals surface area contributed by atoms with E-state index in [4.69, 9.17) is 14.6 Å². The van der Waals surface area contributed by atoms with Crippen LogP contribution in [-0.4, -0.2) is 52.2 Å². The molecule has 0 aromatic heterocycles. The van der Waals surface area contributed by atoms with Crippen LogP contribution in [-0.2, 0) is 25.7 Å². The zero-order valence-electron chi connectivity index (χ0n) is 24.6. The van der Waals surface area contributed by atoms with Gasteiger partial charge in [0.1, 0.15) is 0 Å². The van der Waals surface area contributed by atoms with Crippen LogP contribution in [0.4, 0.5) is 5.69 Å². The molecule has 1 saturated heterocycles. The summed E-state index contributed by atoms with van der Waals surface area (Å²) in [5, 5.41) is 21.2. The van der Waals surface area contributed by atoms with Crippen LogP contribution in [0, 0.1) is 0 Å². The number of benzene rings is 2. The third-order valence-electron chi connectivity index (χ3n) is 8.27. The monoisotopic (exact) mass is 578 g/mol. The number of carbonyl (C=O) groups excluding carboxylic acids is 1. The van der Waals surface area contributed by atoms with E-state index in [-0.39, 0.29) is 31.1 Å². The highest BCUT2D eigenvalue weighted by Crippen LogP contribution is 2.39. The number of nitrogens with zero attached hydrogens (tertiary/aromatic N) is 1. The molecule has 3 atom stereocenters. The first-order valence-electron chi connectivity index (χ1n) is 15.4. The lowest BCUT2D eigenvalue weighted by molar-refractivity contribution is -0.253. The number of nitrogens with one attached hydrogen (secondary N) is 1. The molecule has 3 N–H and O–H groups in total. The summed E-state index contributed by atoms with van der Waals surface area (Å²) < 4.78 is 13.1. The Morgan fingerprint density at radius 2 is 1.60 bits per heavy atom. The summed E-state index contributed by atoms with van der Waals surface area (Å²) in [7, 11) is 0. The van der Waals surface area contributed by atoms with Gasteiger partial charge in [-0.15, -0.1) is 6.58 Å². The van der Waals surface area contributed by atoms with Crippen molar-refractivity contribution in [2.45, 2.75) is 102 Å². The maximum absolute atomic E-state index is 12.4. The van der Waals surface area contributed by atoms with Crippen LogP contribution in [0.1, 0.15) is 99.7 Å². The number of aliphatic hydroxyl groups excluding tert-OH is 1. The largest absolute Gasteiger partial charge is 0.481 e. The second-order valence-corrected chi connectivity index (χ2v) is 11.5. The van der Waals surface area contributed by atoms with Crippen LogP contribution >= 0.6 is 0 Å². The number of amides is 1. The number of unbranched alkanes of at least 4 members (excludes halogenated alkanes) is 3. The van der Waals surface area contributed by atoms with Crippen molar-refractivity contribution < 1.29 is 29.3 Å². The molecule has 0 bridgehead atoms. The van der Waals surface area contributed by atoms with Gasteiger partial charge in [-0.25, -0.2) is 0 Å². The Bertz CT molecular complexity index is 1130. The Balaban J connectivity index is 1.39. The molecule has 42 heavy (non-hydrogen) atoms. The normalized spacial score (nSPS) is 21.0. The van der Waals surface area contributed by atoms with Gasteiger partial charge >= 0.3 is 5.97 Å². The van der Waals surface area contributed by atoms with Crippen molar-refractivity contribution in [2.24, 2.45) is 0 Å². The lowest BCUT2D eigenvalue weighted by Crippen LogP contribution is -2.43. The van der Waals surface area contributed by atoms with Gasteiger partial charge in [-0.3, -0.25) is 14.5 Å². The standard InChI is InChI=1S/C34H46N2O6/c1-2-21-36(29-9-7-8-10-29)23-30-22-31(26-15-13-25(24-37)14-16-26)42-34(41-30)27-17-19-28(20-18-27)35-32(38)11-5-3-4-6-12-33(39)40/h2,13-20,29-31,34,37H,1,3-12,21-24H2,(H,35,38)(H,39,40). The minimum atomic E-state index is -0.776. The maximum atomic E-state index is 12.4. The van der Waals surface area contributed by atoms with E-state index in [1.807, 2.05) is 54.6 Å². The third-order valence-corrected chi connectivity index (χ3v) is 8.27. The van der Waals surface area contributed by atoms with Gasteiger partial charge in [-0.2, -0.15) is 0 Å². The van der Waals surface area contributed by atoms with Crippen molar-refractivity contribution in [1.29, 1.82) is 0 Å². The highest BCUT2D eigenvalue weighted by atomic mass is 16.7. The first-order chi connectivity index (χ1) is 20.4. The molecule has 1 saturated carbocycles. The molecule has 2 fully saturated rings. The number of ether oxygens (including phenoxy) is 2. The molecule has 2 aliphatic rings. The Morgan fingerprint density at radius 3 is 2.24 bits per heavy atom.